The molecule has 0 heterocycles. The van der Waals surface area contributed by atoms with Crippen molar-refractivity contribution in [2.75, 3.05) is 96.8 Å². The molecule has 0 spiro atoms. The van der Waals surface area contributed by atoms with Crippen LogP contribution < -0.4 is 47.4 Å². The quantitative estimate of drug-likeness (QED) is 0.00730. The van der Waals surface area contributed by atoms with Gasteiger partial charge in [0.25, 0.3) is 0 Å². The molecular weight excluding hydrogens is 1670 g/mol. The van der Waals surface area contributed by atoms with Gasteiger partial charge in [0.1, 0.15) is 23.0 Å². The van der Waals surface area contributed by atoms with Gasteiger partial charge in [0, 0.05) is 79.0 Å². The first kappa shape index (κ1) is 101. The molecule has 120 heavy (non-hydrogen) atoms. The Morgan fingerprint density at radius 1 is 0.367 bits per heavy atom. The van der Waals surface area contributed by atoms with Crippen LogP contribution >= 0.6 is 73.2 Å². The van der Waals surface area contributed by atoms with Gasteiger partial charge >= 0.3 is 41.8 Å². The van der Waals surface area contributed by atoms with Crippen molar-refractivity contribution in [3.05, 3.63) is 215 Å². The average molecular weight is 1780 g/mol. The Kier molecular flexibility index (Phi) is 47.8. The van der Waals surface area contributed by atoms with E-state index in [2.05, 4.69) is 63.6 Å². The van der Waals surface area contributed by atoms with Crippen LogP contribution in [0.4, 0.5) is 0 Å². The van der Waals surface area contributed by atoms with Gasteiger partial charge in [-0.3, -0.25) is 14.4 Å². The number of hydrogen-bond acceptors (Lipinski definition) is 30. The van der Waals surface area contributed by atoms with Crippen LogP contribution in [0.1, 0.15) is 99.1 Å². The Hall–Kier alpha value is -9.59. The van der Waals surface area contributed by atoms with E-state index in [0.717, 1.165) is 40.7 Å². The molecule has 0 saturated heterocycles. The highest BCUT2D eigenvalue weighted by atomic mass is 32.2. The van der Waals surface area contributed by atoms with Crippen molar-refractivity contribution in [1.82, 2.24) is 4.90 Å². The molecule has 9 atom stereocenters. The highest BCUT2D eigenvalue weighted by Crippen LogP contribution is 2.41. The number of benzene rings is 7. The van der Waals surface area contributed by atoms with Crippen LogP contribution in [-0.2, 0) is 33.6 Å². The lowest BCUT2D eigenvalue weighted by Gasteiger charge is -2.23. The van der Waals surface area contributed by atoms with Crippen molar-refractivity contribution in [1.29, 1.82) is 0 Å². The molecule has 9 unspecified atom stereocenters. The third kappa shape index (κ3) is 38.4. The summed E-state index contributed by atoms with van der Waals surface area (Å²) in [6, 6.07) is 41.1. The number of ether oxygens (including phenoxy) is 10. The number of thiol groups is 3. The molecule has 33 heteroatoms. The van der Waals surface area contributed by atoms with Gasteiger partial charge in [-0.1, -0.05) is 87.5 Å². The summed E-state index contributed by atoms with van der Waals surface area (Å²) in [4.78, 5) is 87.4. The first-order valence-electron chi connectivity index (χ1n) is 38.3. The number of hydrogen-bond donors (Lipinski definition) is 12. The SMILES string of the molecule is CCN(CC)CC.COc1ccc(/C=C/C(=O)Oc2cc(/C=C/C(=O)Oc3ccc(C(CC(=O)O)SCC(O)C(O)CSC(CC(=O)O)c4ccc(OC(=O)CC(SCC(O)C(O)CS)c5ccc(OC)c(OC)c5)cc4)cc3)ccc2OC)cc1.COc1ccc(/C=C/C(=O)Oc2ccc(/C=C/C(=O)O)cc2)cc1OC.OC(CS)C(O)CS.[2H][3H].[3HH]. The Labute approximate surface area is 732 Å². The molecule has 27 nitrogen and oxygen atoms in total. The fourth-order valence-electron chi connectivity index (χ4n) is 10.3. The van der Waals surface area contributed by atoms with Crippen molar-refractivity contribution < 1.29 is 131 Å². The topological polar surface area (TPSA) is 397 Å². The number of esters is 4. The number of aliphatic carboxylic acids is 3. The Balaban J connectivity index is 0.000000945. The molecule has 0 bridgehead atoms. The maximum absolute atomic E-state index is 13.3. The molecule has 7 rings (SSSR count). The lowest BCUT2D eigenvalue weighted by molar-refractivity contribution is -0.138. The number of carboxylic acids is 3. The minimum Gasteiger partial charge on any atom is -0.497 e. The number of thioether (sulfide) groups is 3. The Morgan fingerprint density at radius 2 is 0.675 bits per heavy atom. The summed E-state index contributed by atoms with van der Waals surface area (Å²) in [5, 5.41) is 86.2. The van der Waals surface area contributed by atoms with Gasteiger partial charge in [0.2, 0.25) is 0 Å². The summed E-state index contributed by atoms with van der Waals surface area (Å²) in [5.74, 6) is -1.40. The number of methoxy groups -OCH3 is 6. The van der Waals surface area contributed by atoms with E-state index in [1.807, 2.05) is 0 Å². The number of carbonyl (C=O) groups is 7. The maximum Gasteiger partial charge on any atom is 0.336 e. The number of nitrogens with zero attached hydrogens (tertiary/aromatic N) is 1. The van der Waals surface area contributed by atoms with Crippen LogP contribution in [0.2, 0.25) is 0 Å². The van der Waals surface area contributed by atoms with Gasteiger partial charge in [0.05, 0.1) is 98.5 Å². The van der Waals surface area contributed by atoms with Crippen molar-refractivity contribution in [2.24, 2.45) is 0 Å². The Morgan fingerprint density at radius 3 is 1.05 bits per heavy atom. The summed E-state index contributed by atoms with van der Waals surface area (Å²) >= 11 is 15.0. The summed E-state index contributed by atoms with van der Waals surface area (Å²) in [5.41, 5.74) is 4.47. The van der Waals surface area contributed by atoms with E-state index in [4.69, 9.17) is 65.7 Å². The predicted octanol–water partition coefficient (Wildman–Crippen LogP) is 13.1. The van der Waals surface area contributed by atoms with Crippen LogP contribution in [0, 0.1) is 0 Å². The lowest BCUT2D eigenvalue weighted by atomic mass is 10.1. The zero-order chi connectivity index (χ0) is 90.6. The van der Waals surface area contributed by atoms with Crippen molar-refractivity contribution >= 4 is 139 Å². The molecule has 654 valence electrons. The Bertz CT molecular complexity index is 4420. The van der Waals surface area contributed by atoms with E-state index in [-0.39, 0.29) is 78.2 Å². The third-order valence-electron chi connectivity index (χ3n) is 17.1. The van der Waals surface area contributed by atoms with E-state index in [1.165, 1.54) is 121 Å². The number of aliphatic hydroxyl groups excluding tert-OH is 6. The summed E-state index contributed by atoms with van der Waals surface area (Å²) in [6.07, 6.45) is 3.75. The van der Waals surface area contributed by atoms with Crippen LogP contribution in [0.15, 0.2) is 176 Å². The van der Waals surface area contributed by atoms with Gasteiger partial charge in [0.15, 0.2) is 34.5 Å². The second kappa shape index (κ2) is 56.8. The maximum atomic E-state index is 13.3. The lowest BCUT2D eigenvalue weighted by Crippen LogP contribution is -2.31. The van der Waals surface area contributed by atoms with Gasteiger partial charge in [-0.25, -0.2) is 19.2 Å². The van der Waals surface area contributed by atoms with E-state index >= 15 is 0 Å². The molecule has 0 radical (unpaired) electrons. The zero-order valence-electron chi connectivity index (χ0n) is 69.7. The molecule has 0 fully saturated rings. The minimum atomic E-state index is -1.33. The van der Waals surface area contributed by atoms with Crippen LogP contribution in [0.25, 0.3) is 24.3 Å². The molecular formula is C87H109NO26S6. The summed E-state index contributed by atoms with van der Waals surface area (Å²) in [7, 11) is 9.04. The van der Waals surface area contributed by atoms with Gasteiger partial charge in [-0.2, -0.15) is 73.2 Å². The van der Waals surface area contributed by atoms with Gasteiger partial charge < -0.3 is 98.2 Å². The fourth-order valence-corrected chi connectivity index (χ4v) is 14.8. The van der Waals surface area contributed by atoms with Gasteiger partial charge in [-0.05, 0) is 168 Å². The molecule has 0 saturated carbocycles. The number of rotatable bonds is 45. The summed E-state index contributed by atoms with van der Waals surface area (Å²) in [6.45, 7) is 10.1. The molecule has 0 aliphatic heterocycles. The molecule has 7 aromatic rings. The second-order valence-electron chi connectivity index (χ2n) is 25.5. The normalized spacial score (nSPS) is 13.5. The number of aliphatic hydroxyl groups is 6. The standard InChI is InChI=1S/C57H62O18S4.C20H18O6.C6H15N.C4H10O2S2.2H2/c1-69-39-15-5-34(6-16-39)8-23-56(67)75-49-25-35(7-21-47(49)71-3)9-24-55(66)73-40-17-10-36(11-18-40)50(27-53(62)63)77-32-44(60)45(61)33-78-51(28-54(64)65)37-12-19-41(20-13-37)74-57(68)29-52(79-31-43(59)42(58)30-76)38-14-22-46(70-2)48(26-38)72-4;1-24-17-10-5-15(13-18(17)25-2)7-12-20(23)26-16-8-3-14(4-9-16)6-11-19(21)22;1-4-7(5-2)6-3;5-3(1-7)4(6)2-8;;/h5-26,42-45,50-52,58-61,76H,27-33H2,1-4H3,(H,62,63)(H,64,65);3-13H,1-2H3,(H,21,22);4-6H2,1-3H3;3-8H,1-2H2;2*1H/b23-8+,24-9+;11-6+,12-7+;;;;/i;;;;1+2D;1+2. The molecule has 0 amide bonds. The molecule has 0 aliphatic rings. The first-order chi connectivity index (χ1) is 58.5. The van der Waals surface area contributed by atoms with Crippen molar-refractivity contribution in [3.8, 4) is 57.5 Å². The first-order valence-corrected chi connectivity index (χ1v) is 42.3. The second-order valence-corrected chi connectivity index (χ2v) is 30.3. The molecule has 9 N–H and O–H groups in total. The monoisotopic (exact) mass is 1780 g/mol. The summed E-state index contributed by atoms with van der Waals surface area (Å²) < 4.78 is 63.5. The van der Waals surface area contributed by atoms with Crippen molar-refractivity contribution in [3.63, 3.8) is 0 Å². The smallest absolute Gasteiger partial charge is 0.336 e. The molecule has 0 aliphatic carbocycles. The van der Waals surface area contributed by atoms with E-state index in [9.17, 15) is 64.2 Å². The number of carboxylic acid groups (broad SMARTS) is 3. The zero-order valence-corrected chi connectivity index (χ0v) is 72.8. The van der Waals surface area contributed by atoms with E-state index in [0.29, 0.717) is 62.3 Å². The molecule has 0 aromatic heterocycles. The highest BCUT2D eigenvalue weighted by Gasteiger charge is 2.27. The van der Waals surface area contributed by atoms with E-state index in [1.54, 1.807) is 148 Å². The van der Waals surface area contributed by atoms with Crippen LogP contribution in [0.3, 0.4) is 0 Å². The fraction of sp³-hybridized carbons (Fsp3) is 0.345. The third-order valence-corrected chi connectivity index (χ3v) is 22.4. The highest BCUT2D eigenvalue weighted by molar-refractivity contribution is 8.00. The van der Waals surface area contributed by atoms with E-state index < -0.39 is 94.2 Å². The van der Waals surface area contributed by atoms with Crippen LogP contribution in [-0.4, -0.2) is 226 Å². The molecule has 7 aromatic carbocycles. The van der Waals surface area contributed by atoms with Gasteiger partial charge in [-0.15, -0.1) is 0 Å². The van der Waals surface area contributed by atoms with Crippen LogP contribution in [0.5, 0.6) is 57.5 Å². The average Bonchev–Trinajstić information content (AvgIpc) is 0.843. The largest absolute Gasteiger partial charge is 0.497 e. The minimum absolute atomic E-state index is 0. The predicted molar refractivity (Wildman–Crippen MR) is 481 cm³/mol. The van der Waals surface area contributed by atoms with Crippen molar-refractivity contribution in [2.45, 2.75) is 92.4 Å². The number of carbonyl (C=O) groups excluding carboxylic acids is 4.